The van der Waals surface area contributed by atoms with Gasteiger partial charge in [-0.25, -0.2) is 4.98 Å². The van der Waals surface area contributed by atoms with Crippen molar-refractivity contribution in [2.75, 3.05) is 12.3 Å². The highest BCUT2D eigenvalue weighted by molar-refractivity contribution is 7.99. The maximum Gasteiger partial charge on any atom is 0.230 e. The summed E-state index contributed by atoms with van der Waals surface area (Å²) >= 11 is 7.47. The highest BCUT2D eigenvalue weighted by Gasteiger charge is 2.12. The Bertz CT molecular complexity index is 701. The molecule has 1 aromatic heterocycles. The van der Waals surface area contributed by atoms with Gasteiger partial charge in [0.1, 0.15) is 5.76 Å². The Balaban J connectivity index is 1.66. The molecule has 0 bridgehead atoms. The molecule has 0 fully saturated rings. The number of oxazole rings is 1. The minimum absolute atomic E-state index is 0.0904. The zero-order valence-electron chi connectivity index (χ0n) is 16.2. The maximum absolute atomic E-state index is 11.9. The molecule has 2 rings (SSSR count). The van der Waals surface area contributed by atoms with Crippen LogP contribution in [0.3, 0.4) is 0 Å². The molecule has 27 heavy (non-hydrogen) atoms. The van der Waals surface area contributed by atoms with Crippen LogP contribution in [0.2, 0.25) is 5.02 Å². The minimum Gasteiger partial charge on any atom is -0.441 e. The third-order valence-corrected chi connectivity index (χ3v) is 5.50. The number of hydrogen-bond acceptors (Lipinski definition) is 4. The fourth-order valence-corrected chi connectivity index (χ4v) is 3.68. The van der Waals surface area contributed by atoms with Gasteiger partial charge in [0.15, 0.2) is 0 Å². The molecular weight excluding hydrogens is 380 g/mol. The van der Waals surface area contributed by atoms with Crippen LogP contribution in [0.4, 0.5) is 0 Å². The number of unbranched alkanes of at least 4 members (excludes halogenated alkanes) is 5. The van der Waals surface area contributed by atoms with E-state index < -0.39 is 0 Å². The molecule has 4 nitrogen and oxygen atoms in total. The molecule has 0 saturated heterocycles. The van der Waals surface area contributed by atoms with Gasteiger partial charge in [0, 0.05) is 22.9 Å². The summed E-state index contributed by atoms with van der Waals surface area (Å²) in [4.78, 5) is 16.5. The molecule has 0 saturated carbocycles. The number of carbonyl (C=O) groups excluding carboxylic acids is 1. The first-order valence-corrected chi connectivity index (χ1v) is 11.2. The van der Waals surface area contributed by atoms with Gasteiger partial charge in [-0.1, -0.05) is 50.6 Å². The van der Waals surface area contributed by atoms with E-state index in [-0.39, 0.29) is 5.91 Å². The number of halogens is 1. The maximum atomic E-state index is 11.9. The Hall–Kier alpha value is -1.46. The molecule has 1 aromatic carbocycles. The molecule has 2 aromatic rings. The van der Waals surface area contributed by atoms with Gasteiger partial charge in [-0.15, -0.1) is 11.8 Å². The molecule has 0 aliphatic heterocycles. The largest absolute Gasteiger partial charge is 0.441 e. The summed E-state index contributed by atoms with van der Waals surface area (Å²) in [6.07, 6.45) is 7.39. The Kier molecular flexibility index (Phi) is 9.78. The third kappa shape index (κ3) is 7.97. The van der Waals surface area contributed by atoms with Crippen molar-refractivity contribution in [1.29, 1.82) is 0 Å². The number of carbonyl (C=O) groups is 1. The van der Waals surface area contributed by atoms with Gasteiger partial charge in [-0.2, -0.15) is 0 Å². The van der Waals surface area contributed by atoms with Crippen molar-refractivity contribution in [3.63, 3.8) is 0 Å². The lowest BCUT2D eigenvalue weighted by atomic mass is 10.1. The fraction of sp³-hybridized carbons (Fsp3) is 0.524. The first-order chi connectivity index (χ1) is 13.1. The van der Waals surface area contributed by atoms with E-state index in [9.17, 15) is 4.79 Å². The molecule has 0 aliphatic carbocycles. The van der Waals surface area contributed by atoms with E-state index in [0.29, 0.717) is 22.4 Å². The second-order valence-corrected chi connectivity index (χ2v) is 8.06. The summed E-state index contributed by atoms with van der Waals surface area (Å²) in [7, 11) is 0. The molecule has 1 heterocycles. The van der Waals surface area contributed by atoms with Gasteiger partial charge >= 0.3 is 0 Å². The van der Waals surface area contributed by atoms with Gasteiger partial charge in [-0.3, -0.25) is 4.79 Å². The van der Waals surface area contributed by atoms with Crippen molar-refractivity contribution < 1.29 is 9.21 Å². The molecule has 1 N–H and O–H groups in total. The number of benzene rings is 1. The van der Waals surface area contributed by atoms with E-state index in [1.165, 1.54) is 32.1 Å². The second kappa shape index (κ2) is 12.1. The van der Waals surface area contributed by atoms with Gasteiger partial charge < -0.3 is 9.73 Å². The average Bonchev–Trinajstić information content (AvgIpc) is 3.02. The van der Waals surface area contributed by atoms with E-state index in [1.54, 1.807) is 11.8 Å². The average molecular weight is 409 g/mol. The molecule has 1 amide bonds. The first kappa shape index (κ1) is 21.8. The molecule has 0 aliphatic rings. The standard InChI is InChI=1S/C21H29ClN2O2S/c1-3-4-5-6-7-8-13-23-20(25)15-27-14-19-16(2)26-21(24-19)17-9-11-18(22)12-10-17/h9-12H,3-8,13-15H2,1-2H3,(H,23,25). The molecule has 0 unspecified atom stereocenters. The van der Waals surface area contributed by atoms with E-state index in [1.807, 2.05) is 31.2 Å². The van der Waals surface area contributed by atoms with Gasteiger partial charge in [0.25, 0.3) is 0 Å². The van der Waals surface area contributed by atoms with Crippen molar-refractivity contribution >= 4 is 29.3 Å². The molecular formula is C21H29ClN2O2S. The summed E-state index contributed by atoms with van der Waals surface area (Å²) in [5.74, 6) is 2.58. The molecule has 6 heteroatoms. The predicted molar refractivity (Wildman–Crippen MR) is 114 cm³/mol. The summed E-state index contributed by atoms with van der Waals surface area (Å²) < 4.78 is 5.75. The number of rotatable bonds is 12. The van der Waals surface area contributed by atoms with Crippen molar-refractivity contribution in [3.8, 4) is 11.5 Å². The van der Waals surface area contributed by atoms with Crippen molar-refractivity contribution in [3.05, 3.63) is 40.7 Å². The fourth-order valence-electron chi connectivity index (χ4n) is 2.70. The number of amides is 1. The zero-order valence-corrected chi connectivity index (χ0v) is 17.8. The summed E-state index contributed by atoms with van der Waals surface area (Å²) in [5.41, 5.74) is 1.78. The lowest BCUT2D eigenvalue weighted by molar-refractivity contribution is -0.118. The first-order valence-electron chi connectivity index (χ1n) is 9.67. The lowest BCUT2D eigenvalue weighted by Crippen LogP contribution is -2.26. The number of aromatic nitrogens is 1. The third-order valence-electron chi connectivity index (χ3n) is 4.31. The van der Waals surface area contributed by atoms with Crippen LogP contribution in [-0.4, -0.2) is 23.2 Å². The van der Waals surface area contributed by atoms with Crippen LogP contribution in [0.15, 0.2) is 28.7 Å². The topological polar surface area (TPSA) is 55.1 Å². The van der Waals surface area contributed by atoms with Gasteiger partial charge in [0.2, 0.25) is 11.8 Å². The number of thioether (sulfide) groups is 1. The highest BCUT2D eigenvalue weighted by Crippen LogP contribution is 2.25. The highest BCUT2D eigenvalue weighted by atomic mass is 35.5. The van der Waals surface area contributed by atoms with Crippen molar-refractivity contribution in [1.82, 2.24) is 10.3 Å². The van der Waals surface area contributed by atoms with E-state index >= 15 is 0 Å². The normalized spacial score (nSPS) is 10.9. The molecule has 0 atom stereocenters. The monoisotopic (exact) mass is 408 g/mol. The predicted octanol–water partition coefficient (Wildman–Crippen LogP) is 6.01. The Morgan fingerprint density at radius 2 is 1.85 bits per heavy atom. The van der Waals surface area contributed by atoms with Gasteiger partial charge in [0.05, 0.1) is 11.4 Å². The second-order valence-electron chi connectivity index (χ2n) is 6.64. The SMILES string of the molecule is CCCCCCCCNC(=O)CSCc1nc(-c2ccc(Cl)cc2)oc1C. The van der Waals surface area contributed by atoms with Crippen molar-refractivity contribution in [2.24, 2.45) is 0 Å². The Labute approximate surface area is 171 Å². The zero-order chi connectivity index (χ0) is 19.5. The van der Waals surface area contributed by atoms with E-state index in [2.05, 4.69) is 17.2 Å². The molecule has 0 radical (unpaired) electrons. The summed E-state index contributed by atoms with van der Waals surface area (Å²) in [5, 5.41) is 3.68. The summed E-state index contributed by atoms with van der Waals surface area (Å²) in [6.45, 7) is 4.90. The van der Waals surface area contributed by atoms with Crippen LogP contribution in [-0.2, 0) is 10.5 Å². The number of nitrogens with zero attached hydrogens (tertiary/aromatic N) is 1. The quantitative estimate of drug-likeness (QED) is 0.436. The number of aryl methyl sites for hydroxylation is 1. The Morgan fingerprint density at radius 3 is 2.59 bits per heavy atom. The molecule has 0 spiro atoms. The van der Waals surface area contributed by atoms with Crippen molar-refractivity contribution in [2.45, 2.75) is 58.1 Å². The van der Waals surface area contributed by atoms with Crippen LogP contribution >= 0.6 is 23.4 Å². The van der Waals surface area contributed by atoms with Crippen LogP contribution < -0.4 is 5.32 Å². The molecule has 148 valence electrons. The Morgan fingerprint density at radius 1 is 1.15 bits per heavy atom. The number of nitrogens with one attached hydrogen (secondary N) is 1. The van der Waals surface area contributed by atoms with Crippen LogP contribution in [0, 0.1) is 6.92 Å². The lowest BCUT2D eigenvalue weighted by Gasteiger charge is -2.05. The van der Waals surface area contributed by atoms with Gasteiger partial charge in [-0.05, 0) is 37.6 Å². The number of hydrogen-bond donors (Lipinski definition) is 1. The van der Waals surface area contributed by atoms with E-state index in [0.717, 1.165) is 30.0 Å². The minimum atomic E-state index is 0.0904. The summed E-state index contributed by atoms with van der Waals surface area (Å²) in [6, 6.07) is 7.42. The van der Waals surface area contributed by atoms with E-state index in [4.69, 9.17) is 16.0 Å². The smallest absolute Gasteiger partial charge is 0.230 e. The van der Waals surface area contributed by atoms with Crippen LogP contribution in [0.5, 0.6) is 0 Å². The van der Waals surface area contributed by atoms with Crippen LogP contribution in [0.1, 0.15) is 56.9 Å². The van der Waals surface area contributed by atoms with Crippen LogP contribution in [0.25, 0.3) is 11.5 Å².